The van der Waals surface area contributed by atoms with E-state index in [0.717, 1.165) is 43.6 Å². The number of imidazole rings is 1. The third-order valence-electron chi connectivity index (χ3n) is 5.18. The number of carbonyl (C=O) groups excluding carboxylic acids is 1. The summed E-state index contributed by atoms with van der Waals surface area (Å²) >= 11 is 0. The fourth-order valence-electron chi connectivity index (χ4n) is 3.54. The van der Waals surface area contributed by atoms with E-state index in [4.69, 9.17) is 0 Å². The van der Waals surface area contributed by atoms with Gasteiger partial charge in [0.25, 0.3) is 0 Å². The summed E-state index contributed by atoms with van der Waals surface area (Å²) in [4.78, 5) is 21.7. The van der Waals surface area contributed by atoms with Crippen LogP contribution in [-0.4, -0.2) is 57.6 Å². The Morgan fingerprint density at radius 3 is 2.48 bits per heavy atom. The van der Waals surface area contributed by atoms with E-state index in [1.807, 2.05) is 53.0 Å². The fraction of sp³-hybridized carbons (Fsp3) is 0.474. The quantitative estimate of drug-likeness (QED) is 0.927. The Morgan fingerprint density at radius 1 is 1.16 bits per heavy atom. The molecule has 2 aliphatic rings. The van der Waals surface area contributed by atoms with Crippen LogP contribution in [-0.2, 0) is 7.05 Å². The molecule has 4 rings (SSSR count). The van der Waals surface area contributed by atoms with Gasteiger partial charge in [-0.3, -0.25) is 4.90 Å². The Bertz CT molecular complexity index is 716. The molecule has 6 heteroatoms. The number of hydrogen-bond acceptors (Lipinski definition) is 3. The molecule has 6 nitrogen and oxygen atoms in total. The lowest BCUT2D eigenvalue weighted by molar-refractivity contribution is 0.133. The van der Waals surface area contributed by atoms with E-state index in [0.29, 0.717) is 0 Å². The number of carbonyl (C=O) groups is 1. The Hall–Kier alpha value is -2.34. The molecule has 132 valence electrons. The molecule has 0 bridgehead atoms. The highest BCUT2D eigenvalue weighted by atomic mass is 16.2. The molecule has 2 aromatic rings. The van der Waals surface area contributed by atoms with Gasteiger partial charge in [-0.1, -0.05) is 30.3 Å². The predicted octanol–water partition coefficient (Wildman–Crippen LogP) is 2.00. The van der Waals surface area contributed by atoms with Gasteiger partial charge in [0, 0.05) is 51.7 Å². The molecule has 1 atom stereocenters. The van der Waals surface area contributed by atoms with Crippen molar-refractivity contribution in [2.24, 2.45) is 7.05 Å². The number of nitrogens with zero attached hydrogens (tertiary/aromatic N) is 4. The van der Waals surface area contributed by atoms with Crippen LogP contribution in [0.2, 0.25) is 0 Å². The van der Waals surface area contributed by atoms with Crippen LogP contribution in [0.5, 0.6) is 0 Å². The van der Waals surface area contributed by atoms with Crippen molar-refractivity contribution in [1.29, 1.82) is 0 Å². The molecule has 1 aromatic carbocycles. The maximum Gasteiger partial charge on any atom is 0.318 e. The van der Waals surface area contributed by atoms with Crippen molar-refractivity contribution in [1.82, 2.24) is 24.7 Å². The second-order valence-electron chi connectivity index (χ2n) is 6.94. The molecular formula is C19H25N5O. The predicted molar refractivity (Wildman–Crippen MR) is 96.2 cm³/mol. The topological polar surface area (TPSA) is 53.4 Å². The van der Waals surface area contributed by atoms with Crippen LogP contribution in [0.15, 0.2) is 42.7 Å². The SMILES string of the molecule is Cn1ccnc1C(NC(=O)N1CCN(C2CC2)CC1)c1ccccc1. The summed E-state index contributed by atoms with van der Waals surface area (Å²) in [6.07, 6.45) is 6.32. The molecule has 2 amide bonds. The van der Waals surface area contributed by atoms with Gasteiger partial charge in [-0.2, -0.15) is 0 Å². The molecule has 1 saturated carbocycles. The van der Waals surface area contributed by atoms with Crippen LogP contribution >= 0.6 is 0 Å². The van der Waals surface area contributed by atoms with Crippen LogP contribution in [0.3, 0.4) is 0 Å². The molecule has 1 aliphatic carbocycles. The van der Waals surface area contributed by atoms with Gasteiger partial charge in [-0.15, -0.1) is 0 Å². The van der Waals surface area contributed by atoms with Crippen LogP contribution in [0, 0.1) is 0 Å². The van der Waals surface area contributed by atoms with Crippen molar-refractivity contribution in [3.8, 4) is 0 Å². The first-order chi connectivity index (χ1) is 12.2. The van der Waals surface area contributed by atoms with Crippen molar-refractivity contribution >= 4 is 6.03 Å². The van der Waals surface area contributed by atoms with Gasteiger partial charge in [-0.05, 0) is 18.4 Å². The van der Waals surface area contributed by atoms with E-state index in [9.17, 15) is 4.79 Å². The largest absolute Gasteiger partial charge is 0.336 e. The molecule has 0 spiro atoms. The van der Waals surface area contributed by atoms with E-state index < -0.39 is 0 Å². The summed E-state index contributed by atoms with van der Waals surface area (Å²) in [7, 11) is 1.96. The molecule has 1 N–H and O–H groups in total. The number of aromatic nitrogens is 2. The Balaban J connectivity index is 1.47. The van der Waals surface area contributed by atoms with Crippen LogP contribution in [0.4, 0.5) is 4.79 Å². The van der Waals surface area contributed by atoms with Gasteiger partial charge in [0.1, 0.15) is 11.9 Å². The van der Waals surface area contributed by atoms with Crippen molar-refractivity contribution in [3.63, 3.8) is 0 Å². The first-order valence-electron chi connectivity index (χ1n) is 9.04. The average Bonchev–Trinajstić information content (AvgIpc) is 3.42. The first-order valence-corrected chi connectivity index (χ1v) is 9.04. The third-order valence-corrected chi connectivity index (χ3v) is 5.18. The van der Waals surface area contributed by atoms with Crippen molar-refractivity contribution in [2.75, 3.05) is 26.2 Å². The van der Waals surface area contributed by atoms with E-state index in [1.54, 1.807) is 6.20 Å². The minimum atomic E-state index is -0.241. The number of rotatable bonds is 4. The second-order valence-corrected chi connectivity index (χ2v) is 6.94. The zero-order valence-electron chi connectivity index (χ0n) is 14.6. The number of benzene rings is 1. The fourth-order valence-corrected chi connectivity index (χ4v) is 3.54. The van der Waals surface area contributed by atoms with Gasteiger partial charge in [0.05, 0.1) is 0 Å². The monoisotopic (exact) mass is 339 g/mol. The highest BCUT2D eigenvalue weighted by Crippen LogP contribution is 2.27. The van der Waals surface area contributed by atoms with Gasteiger partial charge in [0.15, 0.2) is 0 Å². The molecular weight excluding hydrogens is 314 g/mol. The lowest BCUT2D eigenvalue weighted by atomic mass is 10.1. The number of aryl methyl sites for hydroxylation is 1. The Morgan fingerprint density at radius 2 is 1.88 bits per heavy atom. The van der Waals surface area contributed by atoms with E-state index in [2.05, 4.69) is 15.2 Å². The van der Waals surface area contributed by atoms with E-state index >= 15 is 0 Å². The second kappa shape index (κ2) is 6.88. The normalized spacial score (nSPS) is 19.6. The van der Waals surface area contributed by atoms with Gasteiger partial charge >= 0.3 is 6.03 Å². The number of urea groups is 1. The van der Waals surface area contributed by atoms with Crippen molar-refractivity contribution < 1.29 is 4.79 Å². The molecule has 2 fully saturated rings. The Kier molecular flexibility index (Phi) is 4.44. The molecule has 1 saturated heterocycles. The zero-order chi connectivity index (χ0) is 17.2. The molecule has 1 aromatic heterocycles. The summed E-state index contributed by atoms with van der Waals surface area (Å²) in [6.45, 7) is 3.56. The molecule has 2 heterocycles. The summed E-state index contributed by atoms with van der Waals surface area (Å²) < 4.78 is 1.96. The molecule has 1 aliphatic heterocycles. The van der Waals surface area contributed by atoms with Crippen molar-refractivity contribution in [3.05, 3.63) is 54.1 Å². The molecule has 25 heavy (non-hydrogen) atoms. The summed E-state index contributed by atoms with van der Waals surface area (Å²) in [5, 5.41) is 3.19. The van der Waals surface area contributed by atoms with Crippen molar-refractivity contribution in [2.45, 2.75) is 24.9 Å². The lowest BCUT2D eigenvalue weighted by Crippen LogP contribution is -2.52. The molecule has 1 unspecified atom stereocenters. The standard InChI is InChI=1S/C19H25N5O/c1-22-10-9-20-18(22)17(15-5-3-2-4-6-15)21-19(25)24-13-11-23(12-14-24)16-7-8-16/h2-6,9-10,16-17H,7-8,11-14H2,1H3,(H,21,25). The smallest absolute Gasteiger partial charge is 0.318 e. The maximum atomic E-state index is 12.8. The lowest BCUT2D eigenvalue weighted by Gasteiger charge is -2.35. The highest BCUT2D eigenvalue weighted by Gasteiger charge is 2.33. The number of nitrogens with one attached hydrogen (secondary N) is 1. The van der Waals surface area contributed by atoms with Crippen LogP contribution in [0.25, 0.3) is 0 Å². The third kappa shape index (κ3) is 3.54. The van der Waals surface area contributed by atoms with Crippen LogP contribution < -0.4 is 5.32 Å². The summed E-state index contributed by atoms with van der Waals surface area (Å²) in [5.74, 6) is 0.844. The van der Waals surface area contributed by atoms with E-state index in [-0.39, 0.29) is 12.1 Å². The number of hydrogen-bond donors (Lipinski definition) is 1. The highest BCUT2D eigenvalue weighted by molar-refractivity contribution is 5.75. The first kappa shape index (κ1) is 16.1. The van der Waals surface area contributed by atoms with Gasteiger partial charge in [-0.25, -0.2) is 9.78 Å². The number of amides is 2. The minimum absolute atomic E-state index is 0.00713. The maximum absolute atomic E-state index is 12.8. The average molecular weight is 339 g/mol. The van der Waals surface area contributed by atoms with Gasteiger partial charge < -0.3 is 14.8 Å². The minimum Gasteiger partial charge on any atom is -0.336 e. The van der Waals surface area contributed by atoms with Crippen LogP contribution in [0.1, 0.15) is 30.3 Å². The summed E-state index contributed by atoms with van der Waals surface area (Å²) in [5.41, 5.74) is 1.04. The van der Waals surface area contributed by atoms with Gasteiger partial charge in [0.2, 0.25) is 0 Å². The molecule has 0 radical (unpaired) electrons. The summed E-state index contributed by atoms with van der Waals surface area (Å²) in [6, 6.07) is 10.6. The number of piperazine rings is 1. The Labute approximate surface area is 148 Å². The zero-order valence-corrected chi connectivity index (χ0v) is 14.6. The van der Waals surface area contributed by atoms with E-state index in [1.165, 1.54) is 12.8 Å².